The van der Waals surface area contributed by atoms with E-state index in [2.05, 4.69) is 26.2 Å². The van der Waals surface area contributed by atoms with Crippen molar-refractivity contribution in [1.29, 1.82) is 5.26 Å². The number of benzene rings is 2. The van der Waals surface area contributed by atoms with Crippen molar-refractivity contribution >= 4 is 60.7 Å². The lowest BCUT2D eigenvalue weighted by molar-refractivity contribution is -0.147. The highest BCUT2D eigenvalue weighted by molar-refractivity contribution is 7.23. The number of carbonyl (C=O) groups excluding carboxylic acids is 1. The normalized spacial score (nSPS) is 24.4. The number of thiophene rings is 1. The molecule has 2 aromatic heterocycles. The quantitative estimate of drug-likeness (QED) is 0.252. The standard InChI is InChI=1S/C35H35ClF2N8O2S/c36-22-14-20-28(27(38)26(22)19-4-5-23(37)29-25(19)21(15-39)30(40)49-29)42-33(48-18-35-7-2-11-45(35)12-3-8-35)43-31(20)44-10-1-6-34(17-44)9-13-46(34)32(47)24-16-41-24/h4-5,14,24,41H,1-3,6-13,16-18,40H2/t24-,34?/m1/s1. The van der Waals surface area contributed by atoms with Crippen LogP contribution in [0.4, 0.5) is 19.6 Å². The fourth-order valence-electron chi connectivity index (χ4n) is 8.90. The van der Waals surface area contributed by atoms with Crippen molar-refractivity contribution < 1.29 is 18.3 Å². The number of rotatable bonds is 6. The van der Waals surface area contributed by atoms with Crippen molar-refractivity contribution in [3.63, 3.8) is 0 Å². The first-order valence-corrected chi connectivity index (χ1v) is 18.2. The van der Waals surface area contributed by atoms with E-state index in [4.69, 9.17) is 27.1 Å². The van der Waals surface area contributed by atoms with Gasteiger partial charge in [-0.25, -0.2) is 8.78 Å². The molecule has 10 nitrogen and oxygen atoms in total. The van der Waals surface area contributed by atoms with Crippen molar-refractivity contribution in [3.8, 4) is 23.2 Å². The number of carbonyl (C=O) groups is 1. The molecule has 2 aromatic carbocycles. The minimum atomic E-state index is -0.717. The zero-order chi connectivity index (χ0) is 33.7. The maximum absolute atomic E-state index is 17.1. The van der Waals surface area contributed by atoms with Crippen LogP contribution in [0.5, 0.6) is 6.01 Å². The first-order chi connectivity index (χ1) is 23.7. The fraction of sp³-hybridized carbons (Fsp3) is 0.486. The minimum Gasteiger partial charge on any atom is -0.461 e. The van der Waals surface area contributed by atoms with E-state index in [1.807, 2.05) is 4.90 Å². The number of likely N-dealkylation sites (tertiary alicyclic amines) is 1. The van der Waals surface area contributed by atoms with Crippen molar-refractivity contribution in [2.24, 2.45) is 0 Å². The Morgan fingerprint density at radius 1 is 1.14 bits per heavy atom. The van der Waals surface area contributed by atoms with Crippen molar-refractivity contribution in [2.45, 2.75) is 62.1 Å². The van der Waals surface area contributed by atoms with Crippen LogP contribution in [-0.2, 0) is 4.79 Å². The number of nitrogen functional groups attached to an aromatic ring is 1. The summed E-state index contributed by atoms with van der Waals surface area (Å²) in [6, 6.07) is 6.34. The molecular formula is C35H35ClF2N8O2S. The number of anilines is 2. The summed E-state index contributed by atoms with van der Waals surface area (Å²) in [5.41, 5.74) is 6.07. The Kier molecular flexibility index (Phi) is 7.22. The highest BCUT2D eigenvalue weighted by atomic mass is 35.5. The number of piperidine rings is 1. The van der Waals surface area contributed by atoms with Gasteiger partial charge in [-0.1, -0.05) is 17.7 Å². The molecule has 5 fully saturated rings. The van der Waals surface area contributed by atoms with Crippen LogP contribution in [-0.4, -0.2) is 88.7 Å². The molecule has 5 aliphatic heterocycles. The second kappa shape index (κ2) is 11.3. The lowest BCUT2D eigenvalue weighted by atomic mass is 9.77. The van der Waals surface area contributed by atoms with E-state index in [1.165, 1.54) is 12.1 Å². The molecule has 0 aliphatic carbocycles. The van der Waals surface area contributed by atoms with Gasteiger partial charge in [0.25, 0.3) is 0 Å². The monoisotopic (exact) mass is 704 g/mol. The van der Waals surface area contributed by atoms with Gasteiger partial charge >= 0.3 is 6.01 Å². The molecule has 2 atom stereocenters. The van der Waals surface area contributed by atoms with Crippen LogP contribution < -0.4 is 20.7 Å². The predicted octanol–water partition coefficient (Wildman–Crippen LogP) is 5.45. The molecule has 49 heavy (non-hydrogen) atoms. The maximum atomic E-state index is 17.1. The van der Waals surface area contributed by atoms with Crippen LogP contribution in [0.25, 0.3) is 32.1 Å². The summed E-state index contributed by atoms with van der Waals surface area (Å²) < 4.78 is 38.7. The molecule has 14 heteroatoms. The summed E-state index contributed by atoms with van der Waals surface area (Å²) >= 11 is 7.87. The highest BCUT2D eigenvalue weighted by Crippen LogP contribution is 2.47. The summed E-state index contributed by atoms with van der Waals surface area (Å²) in [5.74, 6) is -0.631. The predicted molar refractivity (Wildman–Crippen MR) is 185 cm³/mol. The van der Waals surface area contributed by atoms with Gasteiger partial charge in [-0.15, -0.1) is 11.3 Å². The van der Waals surface area contributed by atoms with Gasteiger partial charge in [0.15, 0.2) is 5.82 Å². The van der Waals surface area contributed by atoms with Crippen molar-refractivity contribution in [1.82, 2.24) is 25.1 Å². The van der Waals surface area contributed by atoms with Crippen LogP contribution in [0.2, 0.25) is 5.02 Å². The summed E-state index contributed by atoms with van der Waals surface area (Å²) in [6.07, 6.45) is 6.88. The molecule has 5 saturated heterocycles. The van der Waals surface area contributed by atoms with E-state index in [9.17, 15) is 14.4 Å². The zero-order valence-corrected chi connectivity index (χ0v) is 28.4. The van der Waals surface area contributed by atoms with Crippen LogP contribution in [0.1, 0.15) is 50.5 Å². The summed E-state index contributed by atoms with van der Waals surface area (Å²) in [7, 11) is 0. The number of aromatic nitrogens is 2. The molecule has 0 bridgehead atoms. The average molecular weight is 705 g/mol. The number of hydrogen-bond acceptors (Lipinski definition) is 10. The smallest absolute Gasteiger partial charge is 0.319 e. The van der Waals surface area contributed by atoms with E-state index < -0.39 is 11.6 Å². The summed E-state index contributed by atoms with van der Waals surface area (Å²) in [4.78, 5) is 29.4. The van der Waals surface area contributed by atoms with Gasteiger partial charge in [0.05, 0.1) is 32.4 Å². The van der Waals surface area contributed by atoms with E-state index in [0.29, 0.717) is 37.4 Å². The Labute approximate surface area is 290 Å². The molecule has 0 saturated carbocycles. The first-order valence-electron chi connectivity index (χ1n) is 17.0. The lowest BCUT2D eigenvalue weighted by Crippen LogP contribution is -2.69. The second-order valence-corrected chi connectivity index (χ2v) is 15.6. The van der Waals surface area contributed by atoms with Gasteiger partial charge in [-0.2, -0.15) is 15.2 Å². The Balaban J connectivity index is 1.18. The number of amides is 1. The minimum absolute atomic E-state index is 0.00299. The first kappa shape index (κ1) is 31.2. The SMILES string of the molecule is N#Cc1c(N)sc2c(F)ccc(-c3c(Cl)cc4c(N5CCCC6(CCN6C(=O)[C@H]6CN6)C5)nc(OCC56CCCN5CCC6)nc4c3F)c12. The number of hydrogen-bond donors (Lipinski definition) is 2. The van der Waals surface area contributed by atoms with Gasteiger partial charge in [0, 0.05) is 42.5 Å². The number of nitriles is 1. The molecule has 5 aliphatic rings. The largest absolute Gasteiger partial charge is 0.461 e. The van der Waals surface area contributed by atoms with Gasteiger partial charge < -0.3 is 25.6 Å². The average Bonchev–Trinajstić information content (AvgIpc) is 3.62. The van der Waals surface area contributed by atoms with E-state index in [-0.39, 0.29) is 71.4 Å². The van der Waals surface area contributed by atoms with E-state index >= 15 is 4.39 Å². The molecule has 1 amide bonds. The van der Waals surface area contributed by atoms with Gasteiger partial charge in [-0.05, 0) is 75.7 Å². The van der Waals surface area contributed by atoms with Crippen molar-refractivity contribution in [2.75, 3.05) is 56.5 Å². The number of nitrogens with one attached hydrogen (secondary N) is 1. The highest BCUT2D eigenvalue weighted by Gasteiger charge is 2.52. The number of halogens is 3. The van der Waals surface area contributed by atoms with Crippen LogP contribution in [0.15, 0.2) is 18.2 Å². The summed E-state index contributed by atoms with van der Waals surface area (Å²) in [5, 5.41) is 13.9. The number of nitrogens with zero attached hydrogens (tertiary/aromatic N) is 6. The molecule has 7 heterocycles. The third-order valence-corrected chi connectivity index (χ3v) is 12.8. The second-order valence-electron chi connectivity index (χ2n) is 14.2. The molecule has 3 N–H and O–H groups in total. The third-order valence-electron chi connectivity index (χ3n) is 11.5. The third kappa shape index (κ3) is 4.78. The van der Waals surface area contributed by atoms with Crippen LogP contribution >= 0.6 is 22.9 Å². The molecular weight excluding hydrogens is 670 g/mol. The van der Waals surface area contributed by atoms with Crippen LogP contribution in [0, 0.1) is 23.0 Å². The van der Waals surface area contributed by atoms with Crippen molar-refractivity contribution in [3.05, 3.63) is 40.4 Å². The zero-order valence-electron chi connectivity index (χ0n) is 26.8. The van der Waals surface area contributed by atoms with E-state index in [1.54, 1.807) is 6.07 Å². The Morgan fingerprint density at radius 3 is 2.63 bits per heavy atom. The molecule has 4 aromatic rings. The molecule has 254 valence electrons. The van der Waals surface area contributed by atoms with Gasteiger partial charge in [0.2, 0.25) is 5.91 Å². The molecule has 1 unspecified atom stereocenters. The lowest BCUT2D eigenvalue weighted by Gasteiger charge is -2.57. The molecule has 0 radical (unpaired) electrons. The van der Waals surface area contributed by atoms with Gasteiger partial charge in [-0.3, -0.25) is 9.69 Å². The topological polar surface area (TPSA) is 134 Å². The Hall–Kier alpha value is -3.83. The number of ether oxygens (including phenoxy) is 1. The number of fused-ring (bicyclic) bond motifs is 3. The summed E-state index contributed by atoms with van der Waals surface area (Å²) in [6.45, 7) is 5.11. The molecule has 1 spiro atoms. The number of nitrogens with two attached hydrogens (primary N) is 1. The Bertz CT molecular complexity index is 2090. The molecule has 9 rings (SSSR count). The maximum Gasteiger partial charge on any atom is 0.319 e. The van der Waals surface area contributed by atoms with Crippen LogP contribution in [0.3, 0.4) is 0 Å². The van der Waals surface area contributed by atoms with E-state index in [0.717, 1.165) is 75.9 Å². The fourth-order valence-corrected chi connectivity index (χ4v) is 10.1. The van der Waals surface area contributed by atoms with Gasteiger partial charge in [0.1, 0.15) is 34.8 Å². The Morgan fingerprint density at radius 2 is 1.92 bits per heavy atom.